The number of piperidine rings is 1. The first-order valence-electron chi connectivity index (χ1n) is 7.35. The minimum absolute atomic E-state index is 0.309. The summed E-state index contributed by atoms with van der Waals surface area (Å²) in [6, 6.07) is 2.73. The van der Waals surface area contributed by atoms with Crippen LogP contribution < -0.4 is 4.90 Å². The van der Waals surface area contributed by atoms with Crippen LogP contribution in [0.3, 0.4) is 0 Å². The molecule has 1 aromatic rings. The molecule has 2 aliphatic heterocycles. The van der Waals surface area contributed by atoms with Gasteiger partial charge in [0.05, 0.1) is 5.69 Å². The molecule has 108 valence electrons. The van der Waals surface area contributed by atoms with Crippen molar-refractivity contribution in [2.45, 2.75) is 38.3 Å². The van der Waals surface area contributed by atoms with E-state index in [1.165, 1.54) is 32.0 Å². The summed E-state index contributed by atoms with van der Waals surface area (Å²) in [6.45, 7) is 5.30. The molecule has 3 rings (SSSR count). The number of carbonyl (C=O) groups is 1. The Labute approximate surface area is 119 Å². The van der Waals surface area contributed by atoms with Gasteiger partial charge in [0.2, 0.25) is 0 Å². The van der Waals surface area contributed by atoms with Crippen molar-refractivity contribution < 1.29 is 9.90 Å². The predicted octanol–water partition coefficient (Wildman–Crippen LogP) is 1.84. The van der Waals surface area contributed by atoms with E-state index in [4.69, 9.17) is 0 Å². The number of hydrogen-bond donors (Lipinski definition) is 1. The molecule has 2 fully saturated rings. The lowest BCUT2D eigenvalue weighted by Gasteiger charge is -2.48. The van der Waals surface area contributed by atoms with Gasteiger partial charge in [0.1, 0.15) is 5.56 Å². The molecule has 0 radical (unpaired) electrons. The summed E-state index contributed by atoms with van der Waals surface area (Å²) in [7, 11) is 0. The predicted molar refractivity (Wildman–Crippen MR) is 77.2 cm³/mol. The molecule has 2 aliphatic rings. The summed E-state index contributed by atoms with van der Waals surface area (Å²) in [6.07, 6.45) is 6.93. The molecule has 2 atom stereocenters. The monoisotopic (exact) mass is 275 g/mol. The van der Waals surface area contributed by atoms with Gasteiger partial charge in [0.25, 0.3) is 0 Å². The minimum atomic E-state index is -0.897. The number of anilines is 1. The highest BCUT2D eigenvalue weighted by atomic mass is 16.4. The summed E-state index contributed by atoms with van der Waals surface area (Å²) in [4.78, 5) is 20.1. The van der Waals surface area contributed by atoms with Gasteiger partial charge >= 0.3 is 5.97 Å². The summed E-state index contributed by atoms with van der Waals surface area (Å²) in [5, 5.41) is 9.34. The molecule has 0 bridgehead atoms. The highest BCUT2D eigenvalue weighted by Gasteiger charge is 2.34. The fourth-order valence-corrected chi connectivity index (χ4v) is 3.49. The van der Waals surface area contributed by atoms with Gasteiger partial charge in [-0.15, -0.1) is 0 Å². The average molecular weight is 275 g/mol. The van der Waals surface area contributed by atoms with Crippen LogP contribution in [0.5, 0.6) is 0 Å². The molecule has 3 heterocycles. The average Bonchev–Trinajstić information content (AvgIpc) is 2.46. The normalized spacial score (nSPS) is 27.1. The van der Waals surface area contributed by atoms with Crippen LogP contribution in [0, 0.1) is 0 Å². The van der Waals surface area contributed by atoms with E-state index in [2.05, 4.69) is 21.7 Å². The Morgan fingerprint density at radius 3 is 3.05 bits per heavy atom. The fraction of sp³-hybridized carbons (Fsp3) is 0.600. The number of carboxylic acids is 1. The SMILES string of the molecule is CC1CN2CCCCC2CN1c1ccncc1C(=O)O. The number of aromatic carboxylic acids is 1. The fourth-order valence-electron chi connectivity index (χ4n) is 3.49. The van der Waals surface area contributed by atoms with Crippen molar-refractivity contribution in [1.82, 2.24) is 9.88 Å². The molecule has 5 nitrogen and oxygen atoms in total. The maximum Gasteiger partial charge on any atom is 0.339 e. The van der Waals surface area contributed by atoms with E-state index in [0.717, 1.165) is 18.8 Å². The van der Waals surface area contributed by atoms with Gasteiger partial charge < -0.3 is 10.0 Å². The van der Waals surface area contributed by atoms with Gasteiger partial charge in [-0.2, -0.15) is 0 Å². The lowest BCUT2D eigenvalue weighted by Crippen LogP contribution is -2.59. The van der Waals surface area contributed by atoms with Gasteiger partial charge in [-0.3, -0.25) is 9.88 Å². The molecule has 0 amide bonds. The number of piperazine rings is 1. The second-order valence-electron chi connectivity index (χ2n) is 5.84. The molecule has 0 aliphatic carbocycles. The van der Waals surface area contributed by atoms with E-state index in [0.29, 0.717) is 17.6 Å². The summed E-state index contributed by atoms with van der Waals surface area (Å²) >= 11 is 0. The molecule has 20 heavy (non-hydrogen) atoms. The summed E-state index contributed by atoms with van der Waals surface area (Å²) < 4.78 is 0. The maximum absolute atomic E-state index is 11.4. The number of pyridine rings is 1. The summed E-state index contributed by atoms with van der Waals surface area (Å²) in [5.74, 6) is -0.897. The standard InChI is InChI=1S/C15H21N3O2/c1-11-9-17-7-3-2-4-12(17)10-18(11)14-5-6-16-8-13(14)15(19)20/h5-6,8,11-12H,2-4,7,9-10H2,1H3,(H,19,20). The number of hydrogen-bond acceptors (Lipinski definition) is 4. The van der Waals surface area contributed by atoms with Gasteiger partial charge in [0.15, 0.2) is 0 Å². The second-order valence-corrected chi connectivity index (χ2v) is 5.84. The Balaban J connectivity index is 1.88. The zero-order chi connectivity index (χ0) is 14.1. The third-order valence-corrected chi connectivity index (χ3v) is 4.53. The number of nitrogens with zero attached hydrogens (tertiary/aromatic N) is 3. The Hall–Kier alpha value is -1.62. The molecule has 1 aromatic heterocycles. The molecular weight excluding hydrogens is 254 g/mol. The van der Waals surface area contributed by atoms with Gasteiger partial charge in [-0.1, -0.05) is 6.42 Å². The Kier molecular flexibility index (Phi) is 3.61. The number of aromatic nitrogens is 1. The van der Waals surface area contributed by atoms with E-state index >= 15 is 0 Å². The van der Waals surface area contributed by atoms with E-state index in [9.17, 15) is 9.90 Å². The van der Waals surface area contributed by atoms with Gasteiger partial charge in [-0.25, -0.2) is 4.79 Å². The third kappa shape index (κ3) is 2.38. The zero-order valence-electron chi connectivity index (χ0n) is 11.8. The van der Waals surface area contributed by atoms with Crippen molar-refractivity contribution in [2.24, 2.45) is 0 Å². The third-order valence-electron chi connectivity index (χ3n) is 4.53. The highest BCUT2D eigenvalue weighted by molar-refractivity contribution is 5.94. The van der Waals surface area contributed by atoms with Gasteiger partial charge in [0, 0.05) is 37.6 Å². The smallest absolute Gasteiger partial charge is 0.339 e. The van der Waals surface area contributed by atoms with Crippen LogP contribution in [0.15, 0.2) is 18.5 Å². The van der Waals surface area contributed by atoms with E-state index in [-0.39, 0.29) is 0 Å². The van der Waals surface area contributed by atoms with E-state index in [1.807, 2.05) is 6.07 Å². The quantitative estimate of drug-likeness (QED) is 0.892. The van der Waals surface area contributed by atoms with Crippen molar-refractivity contribution in [3.8, 4) is 0 Å². The first-order valence-corrected chi connectivity index (χ1v) is 7.35. The maximum atomic E-state index is 11.4. The molecule has 2 unspecified atom stereocenters. The van der Waals surface area contributed by atoms with E-state index < -0.39 is 5.97 Å². The minimum Gasteiger partial charge on any atom is -0.478 e. The second kappa shape index (κ2) is 5.40. The Morgan fingerprint density at radius 1 is 1.40 bits per heavy atom. The first kappa shape index (κ1) is 13.4. The largest absolute Gasteiger partial charge is 0.478 e. The lowest BCUT2D eigenvalue weighted by molar-refractivity contribution is 0.0695. The highest BCUT2D eigenvalue weighted by Crippen LogP contribution is 2.29. The number of rotatable bonds is 2. The van der Waals surface area contributed by atoms with Crippen LogP contribution in [0.2, 0.25) is 0 Å². The van der Waals surface area contributed by atoms with Crippen LogP contribution in [0.25, 0.3) is 0 Å². The molecule has 5 heteroatoms. The lowest BCUT2D eigenvalue weighted by atomic mass is 9.96. The van der Waals surface area contributed by atoms with Gasteiger partial charge in [-0.05, 0) is 32.4 Å². The molecule has 1 N–H and O–H groups in total. The molecule has 2 saturated heterocycles. The van der Waals surface area contributed by atoms with Crippen molar-refractivity contribution in [3.05, 3.63) is 24.0 Å². The Morgan fingerprint density at radius 2 is 2.25 bits per heavy atom. The van der Waals surface area contributed by atoms with Crippen LogP contribution in [-0.4, -0.2) is 52.7 Å². The molecule has 0 aromatic carbocycles. The molecule has 0 spiro atoms. The topological polar surface area (TPSA) is 56.7 Å². The van der Waals surface area contributed by atoms with Crippen molar-refractivity contribution in [1.29, 1.82) is 0 Å². The van der Waals surface area contributed by atoms with Crippen molar-refractivity contribution in [2.75, 3.05) is 24.5 Å². The summed E-state index contributed by atoms with van der Waals surface area (Å²) in [5.41, 5.74) is 1.12. The van der Waals surface area contributed by atoms with Crippen LogP contribution in [0.4, 0.5) is 5.69 Å². The molecule has 0 saturated carbocycles. The Bertz CT molecular complexity index is 506. The molecular formula is C15H21N3O2. The van der Waals surface area contributed by atoms with Crippen molar-refractivity contribution in [3.63, 3.8) is 0 Å². The number of carboxylic acid groups (broad SMARTS) is 1. The van der Waals surface area contributed by atoms with Crippen LogP contribution in [0.1, 0.15) is 36.5 Å². The van der Waals surface area contributed by atoms with E-state index in [1.54, 1.807) is 6.20 Å². The zero-order valence-corrected chi connectivity index (χ0v) is 11.8. The van der Waals surface area contributed by atoms with Crippen molar-refractivity contribution >= 4 is 11.7 Å². The first-order chi connectivity index (χ1) is 9.66. The number of fused-ring (bicyclic) bond motifs is 1. The van der Waals surface area contributed by atoms with Crippen LogP contribution >= 0.6 is 0 Å². The van der Waals surface area contributed by atoms with Crippen LogP contribution in [-0.2, 0) is 0 Å².